The molecular formula is C24H24O2. The third-order valence-corrected chi connectivity index (χ3v) is 6.79. The summed E-state index contributed by atoms with van der Waals surface area (Å²) in [5.41, 5.74) is 4.89. The van der Waals surface area contributed by atoms with Crippen molar-refractivity contribution in [3.8, 4) is 0 Å². The zero-order valence-electron chi connectivity index (χ0n) is 15.1. The molecule has 0 aromatic heterocycles. The van der Waals surface area contributed by atoms with Crippen LogP contribution in [0.4, 0.5) is 0 Å². The fourth-order valence-corrected chi connectivity index (χ4v) is 6.04. The summed E-state index contributed by atoms with van der Waals surface area (Å²) in [5.74, 6) is 2.62. The van der Waals surface area contributed by atoms with Gasteiger partial charge in [0, 0.05) is 11.5 Å². The highest BCUT2D eigenvalue weighted by molar-refractivity contribution is 6.03. The zero-order chi connectivity index (χ0) is 17.7. The number of carbonyl (C=O) groups excluding carboxylic acids is 1. The lowest BCUT2D eigenvalue weighted by Gasteiger charge is -2.43. The third kappa shape index (κ3) is 2.14. The maximum atomic E-state index is 12.8. The smallest absolute Gasteiger partial charge is 0.334 e. The molecule has 0 spiro atoms. The SMILES string of the molecule is CCOC(=O)C1=C(c2ccccc2)[C@@H]2[C@H]3CC[C@@H]([C@H]12)[C@@H]3c1ccccc1. The van der Waals surface area contributed by atoms with Crippen LogP contribution in [0.15, 0.2) is 66.2 Å². The molecule has 0 aliphatic heterocycles. The lowest BCUT2D eigenvalue weighted by molar-refractivity contribution is -0.140. The highest BCUT2D eigenvalue weighted by Gasteiger charge is 2.63. The van der Waals surface area contributed by atoms with Crippen LogP contribution in [0, 0.1) is 23.7 Å². The van der Waals surface area contributed by atoms with E-state index in [4.69, 9.17) is 4.74 Å². The van der Waals surface area contributed by atoms with E-state index in [0.717, 1.165) is 5.57 Å². The molecular weight excluding hydrogens is 320 g/mol. The Hall–Kier alpha value is -2.35. The molecule has 0 amide bonds. The Labute approximate surface area is 154 Å². The van der Waals surface area contributed by atoms with E-state index in [1.54, 1.807) is 0 Å². The topological polar surface area (TPSA) is 26.3 Å². The van der Waals surface area contributed by atoms with Crippen molar-refractivity contribution in [1.29, 1.82) is 0 Å². The molecule has 2 aromatic carbocycles. The largest absolute Gasteiger partial charge is 0.463 e. The Kier molecular flexibility index (Phi) is 3.74. The molecule has 0 heterocycles. The summed E-state index contributed by atoms with van der Waals surface area (Å²) < 4.78 is 5.46. The number of allylic oxidation sites excluding steroid dienone is 1. The fraction of sp³-hybridized carbons (Fsp3) is 0.375. The third-order valence-electron chi connectivity index (χ3n) is 6.79. The van der Waals surface area contributed by atoms with E-state index >= 15 is 0 Å². The van der Waals surface area contributed by atoms with Crippen LogP contribution >= 0.6 is 0 Å². The normalized spacial score (nSPS) is 31.5. The summed E-state index contributed by atoms with van der Waals surface area (Å²) >= 11 is 0. The first-order chi connectivity index (χ1) is 12.8. The van der Waals surface area contributed by atoms with E-state index in [2.05, 4.69) is 54.6 Å². The molecule has 5 atom stereocenters. The van der Waals surface area contributed by atoms with Crippen LogP contribution in [0.5, 0.6) is 0 Å². The monoisotopic (exact) mass is 344 g/mol. The Balaban J connectivity index is 1.58. The van der Waals surface area contributed by atoms with E-state index in [9.17, 15) is 4.79 Å². The molecule has 3 aliphatic rings. The average Bonchev–Trinajstić information content (AvgIpc) is 3.16. The molecule has 2 bridgehead atoms. The van der Waals surface area contributed by atoms with Crippen molar-refractivity contribution < 1.29 is 9.53 Å². The summed E-state index contributed by atoms with van der Waals surface area (Å²) in [4.78, 5) is 12.8. The van der Waals surface area contributed by atoms with Crippen LogP contribution in [-0.2, 0) is 9.53 Å². The van der Waals surface area contributed by atoms with Gasteiger partial charge in [0.05, 0.1) is 6.61 Å². The number of ether oxygens (including phenoxy) is 1. The fourth-order valence-electron chi connectivity index (χ4n) is 6.04. The van der Waals surface area contributed by atoms with Crippen molar-refractivity contribution in [3.05, 3.63) is 77.4 Å². The van der Waals surface area contributed by atoms with Crippen LogP contribution in [-0.4, -0.2) is 12.6 Å². The van der Waals surface area contributed by atoms with E-state index in [0.29, 0.717) is 36.2 Å². The summed E-state index contributed by atoms with van der Waals surface area (Å²) in [6, 6.07) is 21.4. The van der Waals surface area contributed by atoms with Crippen molar-refractivity contribution in [3.63, 3.8) is 0 Å². The highest BCUT2D eigenvalue weighted by atomic mass is 16.5. The zero-order valence-corrected chi connectivity index (χ0v) is 15.1. The molecule has 26 heavy (non-hydrogen) atoms. The molecule has 0 radical (unpaired) electrons. The molecule has 3 aliphatic carbocycles. The van der Waals surface area contributed by atoms with Gasteiger partial charge < -0.3 is 4.74 Å². The summed E-state index contributed by atoms with van der Waals surface area (Å²) in [6.45, 7) is 2.34. The molecule has 0 N–H and O–H groups in total. The second-order valence-electron chi connectivity index (χ2n) is 7.81. The molecule has 132 valence electrons. The standard InChI is InChI=1S/C24H24O2/c1-2-26-24(25)23-20(16-11-7-4-8-12-16)21-17-13-14-18(22(21)23)19(17)15-9-5-3-6-10-15/h3-12,17-19,21-22H,2,13-14H2,1H3/t17-,18+,19+,21-,22-/m0/s1. The lowest BCUT2D eigenvalue weighted by Crippen LogP contribution is -2.39. The minimum absolute atomic E-state index is 0.0908. The van der Waals surface area contributed by atoms with Crippen LogP contribution in [0.25, 0.3) is 5.57 Å². The average molecular weight is 344 g/mol. The number of carbonyl (C=O) groups is 1. The highest BCUT2D eigenvalue weighted by Crippen LogP contribution is 2.70. The number of esters is 1. The first-order valence-electron chi connectivity index (χ1n) is 9.82. The van der Waals surface area contributed by atoms with Crippen molar-refractivity contribution in [2.75, 3.05) is 6.61 Å². The Morgan fingerprint density at radius 1 is 0.885 bits per heavy atom. The minimum atomic E-state index is -0.0908. The predicted octanol–water partition coefficient (Wildman–Crippen LogP) is 5.07. The lowest BCUT2D eigenvalue weighted by atomic mass is 9.59. The maximum Gasteiger partial charge on any atom is 0.334 e. The first kappa shape index (κ1) is 15.9. The van der Waals surface area contributed by atoms with Crippen molar-refractivity contribution in [2.24, 2.45) is 23.7 Å². The van der Waals surface area contributed by atoms with E-state index in [-0.39, 0.29) is 5.97 Å². The van der Waals surface area contributed by atoms with E-state index < -0.39 is 0 Å². The van der Waals surface area contributed by atoms with E-state index in [1.165, 1.54) is 29.5 Å². The van der Waals surface area contributed by atoms with E-state index in [1.807, 2.05) is 13.0 Å². The van der Waals surface area contributed by atoms with Crippen LogP contribution < -0.4 is 0 Å². The maximum absolute atomic E-state index is 12.8. The van der Waals surface area contributed by atoms with Gasteiger partial charge in [-0.3, -0.25) is 0 Å². The molecule has 2 nitrogen and oxygen atoms in total. The Bertz CT molecular complexity index is 852. The molecule has 0 unspecified atom stereocenters. The minimum Gasteiger partial charge on any atom is -0.463 e. The number of hydrogen-bond acceptors (Lipinski definition) is 2. The van der Waals surface area contributed by atoms with Crippen LogP contribution in [0.3, 0.4) is 0 Å². The molecule has 2 aromatic rings. The van der Waals surface area contributed by atoms with Gasteiger partial charge in [-0.1, -0.05) is 60.7 Å². The molecule has 2 fully saturated rings. The summed E-state index contributed by atoms with van der Waals surface area (Å²) in [7, 11) is 0. The Morgan fingerprint density at radius 3 is 2.15 bits per heavy atom. The number of fused-ring (bicyclic) bond motifs is 5. The number of rotatable bonds is 4. The van der Waals surface area contributed by atoms with Gasteiger partial charge in [-0.15, -0.1) is 0 Å². The summed E-state index contributed by atoms with van der Waals surface area (Å²) in [5, 5.41) is 0. The number of hydrogen-bond donors (Lipinski definition) is 0. The van der Waals surface area contributed by atoms with Gasteiger partial charge in [0.25, 0.3) is 0 Å². The first-order valence-corrected chi connectivity index (χ1v) is 9.82. The molecule has 2 saturated carbocycles. The van der Waals surface area contributed by atoms with Gasteiger partial charge in [-0.25, -0.2) is 4.79 Å². The van der Waals surface area contributed by atoms with Gasteiger partial charge in [-0.2, -0.15) is 0 Å². The van der Waals surface area contributed by atoms with Gasteiger partial charge in [0.2, 0.25) is 0 Å². The van der Waals surface area contributed by atoms with Crippen molar-refractivity contribution in [1.82, 2.24) is 0 Å². The quantitative estimate of drug-likeness (QED) is 0.724. The van der Waals surface area contributed by atoms with Crippen LogP contribution in [0.2, 0.25) is 0 Å². The second kappa shape index (κ2) is 6.12. The Morgan fingerprint density at radius 2 is 1.50 bits per heavy atom. The van der Waals surface area contributed by atoms with Crippen molar-refractivity contribution >= 4 is 11.5 Å². The van der Waals surface area contributed by atoms with Gasteiger partial charge in [-0.05, 0) is 60.1 Å². The van der Waals surface area contributed by atoms with Gasteiger partial charge in [0.1, 0.15) is 0 Å². The van der Waals surface area contributed by atoms with Gasteiger partial charge >= 0.3 is 5.97 Å². The molecule has 5 rings (SSSR count). The predicted molar refractivity (Wildman–Crippen MR) is 102 cm³/mol. The second-order valence-corrected chi connectivity index (χ2v) is 7.81. The molecule has 0 saturated heterocycles. The molecule has 2 heteroatoms. The van der Waals surface area contributed by atoms with Crippen molar-refractivity contribution in [2.45, 2.75) is 25.7 Å². The number of benzene rings is 2. The van der Waals surface area contributed by atoms with Gasteiger partial charge in [0.15, 0.2) is 0 Å². The summed E-state index contributed by atoms with van der Waals surface area (Å²) in [6.07, 6.45) is 2.51. The van der Waals surface area contributed by atoms with Crippen LogP contribution in [0.1, 0.15) is 36.8 Å².